The second kappa shape index (κ2) is 10.7. The molecule has 0 bridgehead atoms. The normalized spacial score (nSPS) is 10.7. The molecule has 31 heavy (non-hydrogen) atoms. The number of aryl methyl sites for hydroxylation is 1. The summed E-state index contributed by atoms with van der Waals surface area (Å²) in [5.74, 6) is 1.20. The number of methoxy groups -OCH3 is 1. The number of anilines is 3. The van der Waals surface area contributed by atoms with Gasteiger partial charge in [-0.15, -0.1) is 0 Å². The molecule has 0 aliphatic carbocycles. The molecule has 160 valence electrons. The maximum absolute atomic E-state index is 13.6. The molecule has 0 unspecified atom stereocenters. The maximum atomic E-state index is 13.6. The van der Waals surface area contributed by atoms with E-state index in [1.54, 1.807) is 25.3 Å². The van der Waals surface area contributed by atoms with Crippen LogP contribution in [0.3, 0.4) is 0 Å². The number of hydrogen-bond acceptors (Lipinski definition) is 6. The number of hydrogen-bond donors (Lipinski definition) is 3. The van der Waals surface area contributed by atoms with Crippen molar-refractivity contribution in [3.63, 3.8) is 0 Å². The van der Waals surface area contributed by atoms with Crippen molar-refractivity contribution in [3.8, 4) is 5.75 Å². The van der Waals surface area contributed by atoms with E-state index < -0.39 is 0 Å². The summed E-state index contributed by atoms with van der Waals surface area (Å²) in [6.45, 7) is 2.67. The fourth-order valence-electron chi connectivity index (χ4n) is 2.73. The number of carbonyl (C=O) groups excluding carboxylic acids is 1. The summed E-state index contributed by atoms with van der Waals surface area (Å²) < 4.78 is 18.7. The third-order valence-electron chi connectivity index (χ3n) is 4.24. The van der Waals surface area contributed by atoms with Gasteiger partial charge in [-0.3, -0.25) is 4.79 Å². The highest BCUT2D eigenvalue weighted by Gasteiger charge is 2.04. The summed E-state index contributed by atoms with van der Waals surface area (Å²) in [7, 11) is 1.62. The van der Waals surface area contributed by atoms with Crippen molar-refractivity contribution < 1.29 is 13.9 Å². The number of benzene rings is 2. The first-order valence-electron chi connectivity index (χ1n) is 9.74. The Hall–Kier alpha value is -3.94. The highest BCUT2D eigenvalue weighted by atomic mass is 19.1. The van der Waals surface area contributed by atoms with Gasteiger partial charge in [0.25, 0.3) is 0 Å². The van der Waals surface area contributed by atoms with Gasteiger partial charge in [-0.25, -0.2) is 9.37 Å². The van der Waals surface area contributed by atoms with Crippen LogP contribution in [0.1, 0.15) is 11.3 Å². The van der Waals surface area contributed by atoms with Crippen molar-refractivity contribution in [2.45, 2.75) is 6.92 Å². The first-order chi connectivity index (χ1) is 15.0. The molecule has 0 radical (unpaired) electrons. The van der Waals surface area contributed by atoms with E-state index in [0.717, 1.165) is 17.1 Å². The number of amides is 1. The molecular formula is C23H24FN5O2. The van der Waals surface area contributed by atoms with Gasteiger partial charge in [0.05, 0.1) is 7.11 Å². The maximum Gasteiger partial charge on any atom is 0.244 e. The van der Waals surface area contributed by atoms with Crippen LogP contribution >= 0.6 is 0 Å². The standard InChI is InChI=1S/C23H24FN5O2/c1-16-15-21(28-18-8-10-19(31-2)11-9-18)29-23(27-16)26-14-13-25-22(30)12-7-17-5-3-4-6-20(17)24/h3-12,15H,13-14H2,1-2H3,(H,25,30)(H2,26,27,28,29)/b12-7+. The number of rotatable bonds is 9. The zero-order valence-corrected chi connectivity index (χ0v) is 17.4. The summed E-state index contributed by atoms with van der Waals surface area (Å²) in [5, 5.41) is 9.04. The van der Waals surface area contributed by atoms with Gasteiger partial charge in [0, 0.05) is 42.2 Å². The Morgan fingerprint density at radius 1 is 1.10 bits per heavy atom. The molecule has 1 heterocycles. The molecular weight excluding hydrogens is 397 g/mol. The zero-order valence-electron chi connectivity index (χ0n) is 17.4. The lowest BCUT2D eigenvalue weighted by Gasteiger charge is -2.10. The Morgan fingerprint density at radius 3 is 2.61 bits per heavy atom. The summed E-state index contributed by atoms with van der Waals surface area (Å²) >= 11 is 0. The van der Waals surface area contributed by atoms with Crippen LogP contribution in [0.4, 0.5) is 21.8 Å². The molecule has 0 saturated carbocycles. The van der Waals surface area contributed by atoms with E-state index in [1.165, 1.54) is 18.2 Å². The molecule has 0 aliphatic rings. The summed E-state index contributed by atoms with van der Waals surface area (Å²) in [6.07, 6.45) is 2.75. The van der Waals surface area contributed by atoms with Crippen LogP contribution in [0.2, 0.25) is 0 Å². The number of ether oxygens (including phenoxy) is 1. The van der Waals surface area contributed by atoms with Crippen LogP contribution in [0.5, 0.6) is 5.75 Å². The fraction of sp³-hybridized carbons (Fsp3) is 0.174. The van der Waals surface area contributed by atoms with Crippen molar-refractivity contribution in [2.24, 2.45) is 0 Å². The van der Waals surface area contributed by atoms with E-state index in [4.69, 9.17) is 4.74 Å². The SMILES string of the molecule is COc1ccc(Nc2cc(C)nc(NCCNC(=O)/C=C/c3ccccc3F)n2)cc1. The average Bonchev–Trinajstić information content (AvgIpc) is 2.76. The predicted octanol–water partition coefficient (Wildman–Crippen LogP) is 3.92. The molecule has 7 nitrogen and oxygen atoms in total. The lowest BCUT2D eigenvalue weighted by molar-refractivity contribution is -0.116. The Labute approximate surface area is 180 Å². The van der Waals surface area contributed by atoms with E-state index in [9.17, 15) is 9.18 Å². The zero-order chi connectivity index (χ0) is 22.1. The highest BCUT2D eigenvalue weighted by molar-refractivity contribution is 5.91. The van der Waals surface area contributed by atoms with Crippen molar-refractivity contribution in [3.05, 3.63) is 77.7 Å². The summed E-state index contributed by atoms with van der Waals surface area (Å²) in [4.78, 5) is 20.7. The topological polar surface area (TPSA) is 88.2 Å². The van der Waals surface area contributed by atoms with E-state index in [0.29, 0.717) is 30.4 Å². The van der Waals surface area contributed by atoms with Gasteiger partial charge in [-0.1, -0.05) is 18.2 Å². The molecule has 0 aliphatic heterocycles. The molecule has 0 saturated heterocycles. The second-order valence-electron chi connectivity index (χ2n) is 6.64. The molecule has 8 heteroatoms. The third-order valence-corrected chi connectivity index (χ3v) is 4.24. The van der Waals surface area contributed by atoms with Gasteiger partial charge in [0.15, 0.2) is 0 Å². The minimum Gasteiger partial charge on any atom is -0.497 e. The molecule has 3 rings (SSSR count). The first kappa shape index (κ1) is 21.8. The van der Waals surface area contributed by atoms with Gasteiger partial charge in [-0.2, -0.15) is 4.98 Å². The first-order valence-corrected chi connectivity index (χ1v) is 9.74. The number of nitrogens with one attached hydrogen (secondary N) is 3. The predicted molar refractivity (Wildman–Crippen MR) is 120 cm³/mol. The summed E-state index contributed by atoms with van der Waals surface area (Å²) in [5.41, 5.74) is 2.03. The smallest absolute Gasteiger partial charge is 0.244 e. The number of halogens is 1. The van der Waals surface area contributed by atoms with Crippen LogP contribution in [0.15, 0.2) is 60.7 Å². The molecule has 3 N–H and O–H groups in total. The van der Waals surface area contributed by atoms with Gasteiger partial charge in [0.2, 0.25) is 11.9 Å². The van der Waals surface area contributed by atoms with Crippen molar-refractivity contribution in [1.82, 2.24) is 15.3 Å². The third kappa shape index (κ3) is 6.81. The van der Waals surface area contributed by atoms with E-state index in [1.807, 2.05) is 37.3 Å². The van der Waals surface area contributed by atoms with Gasteiger partial charge >= 0.3 is 0 Å². The lowest BCUT2D eigenvalue weighted by atomic mass is 10.2. The van der Waals surface area contributed by atoms with Crippen LogP contribution < -0.4 is 20.7 Å². The van der Waals surface area contributed by atoms with Crippen LogP contribution in [0.25, 0.3) is 6.08 Å². The molecule has 0 atom stereocenters. The number of aromatic nitrogens is 2. The van der Waals surface area contributed by atoms with E-state index in [2.05, 4.69) is 25.9 Å². The number of nitrogens with zero attached hydrogens (tertiary/aromatic N) is 2. The molecule has 1 amide bonds. The van der Waals surface area contributed by atoms with Gasteiger partial charge in [0.1, 0.15) is 17.4 Å². The lowest BCUT2D eigenvalue weighted by Crippen LogP contribution is -2.27. The number of carbonyl (C=O) groups is 1. The van der Waals surface area contributed by atoms with Gasteiger partial charge in [-0.05, 0) is 43.3 Å². The average molecular weight is 421 g/mol. The van der Waals surface area contributed by atoms with Crippen molar-refractivity contribution in [1.29, 1.82) is 0 Å². The minimum atomic E-state index is -0.371. The van der Waals surface area contributed by atoms with Gasteiger partial charge < -0.3 is 20.7 Å². The van der Waals surface area contributed by atoms with Crippen molar-refractivity contribution >= 4 is 29.4 Å². The van der Waals surface area contributed by atoms with Crippen LogP contribution in [-0.4, -0.2) is 36.1 Å². The summed E-state index contributed by atoms with van der Waals surface area (Å²) in [6, 6.07) is 15.6. The Balaban J connectivity index is 1.48. The monoisotopic (exact) mass is 421 g/mol. The largest absolute Gasteiger partial charge is 0.497 e. The fourth-order valence-corrected chi connectivity index (χ4v) is 2.73. The Kier molecular flexibility index (Phi) is 7.53. The Morgan fingerprint density at radius 2 is 1.87 bits per heavy atom. The highest BCUT2D eigenvalue weighted by Crippen LogP contribution is 2.19. The Bertz CT molecular complexity index is 1050. The molecule has 0 spiro atoms. The molecule has 3 aromatic rings. The van der Waals surface area contributed by atoms with Crippen molar-refractivity contribution in [2.75, 3.05) is 30.8 Å². The second-order valence-corrected chi connectivity index (χ2v) is 6.64. The van der Waals surface area contributed by atoms with E-state index >= 15 is 0 Å². The molecule has 0 fully saturated rings. The molecule has 2 aromatic carbocycles. The van der Waals surface area contributed by atoms with Crippen LogP contribution in [0, 0.1) is 12.7 Å². The van der Waals surface area contributed by atoms with Crippen LogP contribution in [-0.2, 0) is 4.79 Å². The van der Waals surface area contributed by atoms with E-state index in [-0.39, 0.29) is 11.7 Å². The quantitative estimate of drug-likeness (QED) is 0.359. The molecule has 1 aromatic heterocycles. The minimum absolute atomic E-state index is 0.308.